The highest BCUT2D eigenvalue weighted by Gasteiger charge is 2.10. The van der Waals surface area contributed by atoms with Crippen molar-refractivity contribution in [2.45, 2.75) is 50.0 Å². The summed E-state index contributed by atoms with van der Waals surface area (Å²) < 4.78 is 0. The molecule has 0 bridgehead atoms. The lowest BCUT2D eigenvalue weighted by Gasteiger charge is -2.09. The summed E-state index contributed by atoms with van der Waals surface area (Å²) in [5, 5.41) is 1.50. The first kappa shape index (κ1) is 15.3. The number of aromatic nitrogens is 2. The minimum atomic E-state index is 0.552. The highest BCUT2D eigenvalue weighted by Crippen LogP contribution is 2.32. The fourth-order valence-corrected chi connectivity index (χ4v) is 2.94. The molecular weight excluding hydrogens is 288 g/mol. The molecule has 0 unspecified atom stereocenters. The van der Waals surface area contributed by atoms with E-state index in [-0.39, 0.29) is 0 Å². The minimum Gasteiger partial charge on any atom is -0.226 e. The monoisotopic (exact) mass is 306 g/mol. The number of hydrogen-bond donors (Lipinski definition) is 0. The molecule has 2 nitrogen and oxygen atoms in total. The maximum Gasteiger partial charge on any atom is 0.136 e. The van der Waals surface area contributed by atoms with E-state index in [1.165, 1.54) is 10.5 Å². The van der Waals surface area contributed by atoms with E-state index >= 15 is 0 Å². The lowest BCUT2D eigenvalue weighted by molar-refractivity contribution is 0.863. The molecule has 0 saturated heterocycles. The molecule has 1 aromatic heterocycles. The summed E-state index contributed by atoms with van der Waals surface area (Å²) in [7, 11) is 0. The van der Waals surface area contributed by atoms with Gasteiger partial charge in [0.2, 0.25) is 0 Å². The third-order valence-electron chi connectivity index (χ3n) is 3.17. The van der Waals surface area contributed by atoms with E-state index in [4.69, 9.17) is 11.6 Å². The number of benzene rings is 1. The zero-order valence-electron chi connectivity index (χ0n) is 12.3. The largest absolute Gasteiger partial charge is 0.226 e. The van der Waals surface area contributed by atoms with Gasteiger partial charge in [0.1, 0.15) is 16.0 Å². The molecule has 0 aliphatic heterocycles. The average Bonchev–Trinajstić information content (AvgIpc) is 2.44. The maximum absolute atomic E-state index is 6.17. The molecular formula is C16H19ClN2S. The topological polar surface area (TPSA) is 25.8 Å². The Kier molecular flexibility index (Phi) is 5.06. The summed E-state index contributed by atoms with van der Waals surface area (Å²) in [4.78, 5) is 10.0. The first-order valence-electron chi connectivity index (χ1n) is 6.82. The maximum atomic E-state index is 6.17. The van der Waals surface area contributed by atoms with E-state index in [0.29, 0.717) is 11.1 Å². The molecule has 1 aromatic carbocycles. The van der Waals surface area contributed by atoms with E-state index in [9.17, 15) is 0 Å². The molecule has 0 N–H and O–H groups in total. The molecule has 0 spiro atoms. The van der Waals surface area contributed by atoms with Crippen LogP contribution < -0.4 is 0 Å². The Hall–Kier alpha value is -1.06. The van der Waals surface area contributed by atoms with Crippen LogP contribution in [0, 0.1) is 6.92 Å². The summed E-state index contributed by atoms with van der Waals surface area (Å²) in [6, 6.07) is 8.62. The van der Waals surface area contributed by atoms with Gasteiger partial charge in [0.15, 0.2) is 0 Å². The van der Waals surface area contributed by atoms with E-state index in [1.54, 1.807) is 11.8 Å². The third-order valence-corrected chi connectivity index (χ3v) is 4.63. The molecule has 4 heteroatoms. The van der Waals surface area contributed by atoms with Crippen LogP contribution in [0.4, 0.5) is 0 Å². The van der Waals surface area contributed by atoms with Crippen molar-refractivity contribution in [1.29, 1.82) is 0 Å². The Bertz CT molecular complexity index is 594. The van der Waals surface area contributed by atoms with Gasteiger partial charge in [0.05, 0.1) is 0 Å². The van der Waals surface area contributed by atoms with Crippen LogP contribution in [-0.4, -0.2) is 9.97 Å². The summed E-state index contributed by atoms with van der Waals surface area (Å²) >= 11 is 7.81. The Morgan fingerprint density at radius 1 is 1.15 bits per heavy atom. The van der Waals surface area contributed by atoms with Gasteiger partial charge in [0.25, 0.3) is 0 Å². The molecule has 0 amide bonds. The Morgan fingerprint density at radius 2 is 1.80 bits per heavy atom. The highest BCUT2D eigenvalue weighted by atomic mass is 35.5. The van der Waals surface area contributed by atoms with Crippen molar-refractivity contribution in [3.63, 3.8) is 0 Å². The van der Waals surface area contributed by atoms with Crippen molar-refractivity contribution in [3.05, 3.63) is 46.4 Å². The van der Waals surface area contributed by atoms with Crippen LogP contribution >= 0.6 is 23.4 Å². The molecule has 1 heterocycles. The molecule has 0 radical (unpaired) electrons. The number of rotatable bonds is 4. The zero-order valence-corrected chi connectivity index (χ0v) is 13.8. The van der Waals surface area contributed by atoms with Crippen LogP contribution in [0.25, 0.3) is 0 Å². The number of hydrogen-bond acceptors (Lipinski definition) is 3. The van der Waals surface area contributed by atoms with Crippen molar-refractivity contribution in [2.24, 2.45) is 0 Å². The summed E-state index contributed by atoms with van der Waals surface area (Å²) in [6.07, 6.45) is 0.792. The molecule has 20 heavy (non-hydrogen) atoms. The van der Waals surface area contributed by atoms with Crippen LogP contribution in [0.2, 0.25) is 5.15 Å². The Labute approximate surface area is 130 Å². The zero-order chi connectivity index (χ0) is 14.7. The van der Waals surface area contributed by atoms with E-state index in [1.807, 2.05) is 13.8 Å². The van der Waals surface area contributed by atoms with E-state index in [2.05, 4.69) is 48.1 Å². The Morgan fingerprint density at radius 3 is 2.35 bits per heavy atom. The van der Waals surface area contributed by atoms with Gasteiger partial charge in [-0.15, -0.1) is 0 Å². The van der Waals surface area contributed by atoms with E-state index < -0.39 is 0 Å². The molecule has 2 rings (SSSR count). The van der Waals surface area contributed by atoms with Crippen LogP contribution in [0.15, 0.2) is 34.2 Å². The van der Waals surface area contributed by atoms with Gasteiger partial charge in [-0.05, 0) is 30.5 Å². The predicted molar refractivity (Wildman–Crippen MR) is 85.8 cm³/mol. The van der Waals surface area contributed by atoms with Crippen LogP contribution in [0.1, 0.15) is 43.6 Å². The SMILES string of the molecule is CCc1nc(Cl)c(C)c(Sc2ccc(C(C)C)cc2)n1. The van der Waals surface area contributed by atoms with Gasteiger partial charge in [0, 0.05) is 16.9 Å². The van der Waals surface area contributed by atoms with Crippen molar-refractivity contribution < 1.29 is 0 Å². The van der Waals surface area contributed by atoms with Gasteiger partial charge in [-0.25, -0.2) is 9.97 Å². The minimum absolute atomic E-state index is 0.552. The molecule has 0 aliphatic carbocycles. The van der Waals surface area contributed by atoms with E-state index in [0.717, 1.165) is 22.8 Å². The molecule has 2 aromatic rings. The average molecular weight is 307 g/mol. The second-order valence-corrected chi connectivity index (χ2v) is 6.46. The smallest absolute Gasteiger partial charge is 0.136 e. The molecule has 0 atom stereocenters. The Balaban J connectivity index is 2.27. The molecule has 0 fully saturated rings. The first-order valence-corrected chi connectivity index (χ1v) is 8.01. The fraction of sp³-hybridized carbons (Fsp3) is 0.375. The van der Waals surface area contributed by atoms with Gasteiger partial charge in [-0.3, -0.25) is 0 Å². The van der Waals surface area contributed by atoms with Crippen molar-refractivity contribution in [3.8, 4) is 0 Å². The lowest BCUT2D eigenvalue weighted by Crippen LogP contribution is -1.98. The predicted octanol–water partition coefficient (Wildman–Crippen LogP) is 5.28. The summed E-state index contributed by atoms with van der Waals surface area (Å²) in [5.74, 6) is 1.35. The summed E-state index contributed by atoms with van der Waals surface area (Å²) in [5.41, 5.74) is 2.29. The molecule has 106 valence electrons. The van der Waals surface area contributed by atoms with Gasteiger partial charge in [-0.1, -0.05) is 56.3 Å². The number of nitrogens with zero attached hydrogens (tertiary/aromatic N) is 2. The second kappa shape index (κ2) is 6.59. The van der Waals surface area contributed by atoms with Gasteiger partial charge >= 0.3 is 0 Å². The van der Waals surface area contributed by atoms with Crippen molar-refractivity contribution in [2.75, 3.05) is 0 Å². The summed E-state index contributed by atoms with van der Waals surface area (Å²) in [6.45, 7) is 8.40. The lowest BCUT2D eigenvalue weighted by atomic mass is 10.0. The van der Waals surface area contributed by atoms with Crippen molar-refractivity contribution in [1.82, 2.24) is 9.97 Å². The fourth-order valence-electron chi connectivity index (χ4n) is 1.80. The molecule has 0 saturated carbocycles. The standard InChI is InChI=1S/C16H19ClN2S/c1-5-14-18-15(17)11(4)16(19-14)20-13-8-6-12(7-9-13)10(2)3/h6-10H,5H2,1-4H3. The highest BCUT2D eigenvalue weighted by molar-refractivity contribution is 7.99. The van der Waals surface area contributed by atoms with Crippen LogP contribution in [-0.2, 0) is 6.42 Å². The van der Waals surface area contributed by atoms with Gasteiger partial charge < -0.3 is 0 Å². The van der Waals surface area contributed by atoms with Gasteiger partial charge in [-0.2, -0.15) is 0 Å². The van der Waals surface area contributed by atoms with Crippen LogP contribution in [0.3, 0.4) is 0 Å². The van der Waals surface area contributed by atoms with Crippen LogP contribution in [0.5, 0.6) is 0 Å². The number of halogens is 1. The first-order chi connectivity index (χ1) is 9.51. The quantitative estimate of drug-likeness (QED) is 0.719. The molecule has 0 aliphatic rings. The number of aryl methyl sites for hydroxylation is 1. The third kappa shape index (κ3) is 3.53. The normalized spacial score (nSPS) is 11.1. The second-order valence-electron chi connectivity index (χ2n) is 5.04. The van der Waals surface area contributed by atoms with Crippen molar-refractivity contribution >= 4 is 23.4 Å².